The van der Waals surface area contributed by atoms with Crippen molar-refractivity contribution in [3.8, 4) is 0 Å². The fourth-order valence-corrected chi connectivity index (χ4v) is 2.48. The third-order valence-electron chi connectivity index (χ3n) is 3.07. The second kappa shape index (κ2) is 7.56. The minimum atomic E-state index is -0.843. The Morgan fingerprint density at radius 2 is 1.95 bits per heavy atom. The summed E-state index contributed by atoms with van der Waals surface area (Å²) >= 11 is 1.55. The summed E-state index contributed by atoms with van der Waals surface area (Å²) in [6.07, 6.45) is 2.15. The van der Waals surface area contributed by atoms with Gasteiger partial charge in [-0.1, -0.05) is 18.2 Å². The Morgan fingerprint density at radius 1 is 1.23 bits per heavy atom. The first kappa shape index (κ1) is 16.0. The standard InChI is InChI=1S/C17H17NO3S/c1-13(17(20)18(2)15-6-4-3-5-7-15)21-16(19)9-8-14-10-11-22-12-14/h3-13H,1-2H3/b9-8+/t13-/m1/s1. The SMILES string of the molecule is C[C@@H](OC(=O)/C=C/c1ccsc1)C(=O)N(C)c1ccccc1. The molecule has 4 nitrogen and oxygen atoms in total. The fourth-order valence-electron chi connectivity index (χ4n) is 1.85. The number of carbonyl (C=O) groups is 2. The molecular weight excluding hydrogens is 298 g/mol. The molecule has 2 rings (SSSR count). The third-order valence-corrected chi connectivity index (χ3v) is 3.77. The van der Waals surface area contributed by atoms with Crippen LogP contribution in [0.2, 0.25) is 0 Å². The smallest absolute Gasteiger partial charge is 0.331 e. The van der Waals surface area contributed by atoms with Gasteiger partial charge >= 0.3 is 5.97 Å². The highest BCUT2D eigenvalue weighted by Gasteiger charge is 2.21. The van der Waals surface area contributed by atoms with Crippen LogP contribution >= 0.6 is 11.3 Å². The van der Waals surface area contributed by atoms with Gasteiger partial charge in [0.25, 0.3) is 5.91 Å². The molecule has 1 amide bonds. The second-order valence-electron chi connectivity index (χ2n) is 4.70. The van der Waals surface area contributed by atoms with E-state index in [1.54, 1.807) is 31.4 Å². The molecule has 0 aliphatic carbocycles. The maximum atomic E-state index is 12.2. The van der Waals surface area contributed by atoms with Gasteiger partial charge in [-0.15, -0.1) is 0 Å². The van der Waals surface area contributed by atoms with Crippen molar-refractivity contribution in [2.45, 2.75) is 13.0 Å². The second-order valence-corrected chi connectivity index (χ2v) is 5.48. The number of para-hydroxylation sites is 1. The molecule has 114 valence electrons. The summed E-state index contributed by atoms with van der Waals surface area (Å²) in [6, 6.07) is 11.1. The molecule has 0 N–H and O–H groups in total. The lowest BCUT2D eigenvalue weighted by Crippen LogP contribution is -2.37. The lowest BCUT2D eigenvalue weighted by Gasteiger charge is -2.21. The topological polar surface area (TPSA) is 46.6 Å². The van der Waals surface area contributed by atoms with Gasteiger partial charge in [-0.2, -0.15) is 11.3 Å². The van der Waals surface area contributed by atoms with Crippen LogP contribution < -0.4 is 4.90 Å². The summed E-state index contributed by atoms with van der Waals surface area (Å²) in [5, 5.41) is 3.84. The molecule has 22 heavy (non-hydrogen) atoms. The molecule has 0 aliphatic rings. The highest BCUT2D eigenvalue weighted by atomic mass is 32.1. The number of esters is 1. The van der Waals surface area contributed by atoms with E-state index in [1.807, 2.05) is 47.2 Å². The number of anilines is 1. The van der Waals surface area contributed by atoms with Crippen molar-refractivity contribution >= 4 is 35.0 Å². The number of likely N-dealkylation sites (N-methyl/N-ethyl adjacent to an activating group) is 1. The van der Waals surface area contributed by atoms with Gasteiger partial charge < -0.3 is 9.64 Å². The first-order valence-corrected chi connectivity index (χ1v) is 7.75. The van der Waals surface area contributed by atoms with Crippen LogP contribution in [0.4, 0.5) is 5.69 Å². The van der Waals surface area contributed by atoms with Crippen molar-refractivity contribution in [3.05, 3.63) is 58.8 Å². The number of hydrogen-bond acceptors (Lipinski definition) is 4. The van der Waals surface area contributed by atoms with Crippen molar-refractivity contribution in [1.82, 2.24) is 0 Å². The zero-order valence-electron chi connectivity index (χ0n) is 12.4. The number of rotatable bonds is 5. The number of hydrogen-bond donors (Lipinski definition) is 0. The van der Waals surface area contributed by atoms with Crippen molar-refractivity contribution in [3.63, 3.8) is 0 Å². The minimum Gasteiger partial charge on any atom is -0.449 e. The van der Waals surface area contributed by atoms with Crippen LogP contribution in [0.15, 0.2) is 53.2 Å². The van der Waals surface area contributed by atoms with Crippen molar-refractivity contribution in [2.24, 2.45) is 0 Å². The van der Waals surface area contributed by atoms with Crippen molar-refractivity contribution in [1.29, 1.82) is 0 Å². The summed E-state index contributed by atoms with van der Waals surface area (Å²) in [6.45, 7) is 1.57. The Labute approximate surface area is 133 Å². The summed E-state index contributed by atoms with van der Waals surface area (Å²) in [5.74, 6) is -0.808. The largest absolute Gasteiger partial charge is 0.449 e. The summed E-state index contributed by atoms with van der Waals surface area (Å²) in [4.78, 5) is 25.4. The average Bonchev–Trinajstić information content (AvgIpc) is 3.05. The fraction of sp³-hybridized carbons (Fsp3) is 0.176. The molecule has 0 fully saturated rings. The minimum absolute atomic E-state index is 0.275. The van der Waals surface area contributed by atoms with Gasteiger partial charge in [0.1, 0.15) is 0 Å². The number of thiophene rings is 1. The monoisotopic (exact) mass is 315 g/mol. The number of ether oxygens (including phenoxy) is 1. The lowest BCUT2D eigenvalue weighted by atomic mass is 10.2. The molecule has 0 aliphatic heterocycles. The highest BCUT2D eigenvalue weighted by molar-refractivity contribution is 7.08. The van der Waals surface area contributed by atoms with Gasteiger partial charge in [-0.25, -0.2) is 4.79 Å². The zero-order valence-corrected chi connectivity index (χ0v) is 13.2. The average molecular weight is 315 g/mol. The quantitative estimate of drug-likeness (QED) is 0.628. The third kappa shape index (κ3) is 4.30. The normalized spacial score (nSPS) is 12.1. The van der Waals surface area contributed by atoms with Crippen LogP contribution in [0.5, 0.6) is 0 Å². The molecular formula is C17H17NO3S. The Balaban J connectivity index is 1.92. The Kier molecular flexibility index (Phi) is 5.49. The highest BCUT2D eigenvalue weighted by Crippen LogP contribution is 2.13. The number of carbonyl (C=O) groups excluding carboxylic acids is 2. The molecule has 0 bridgehead atoms. The molecule has 0 saturated heterocycles. The van der Waals surface area contributed by atoms with Gasteiger partial charge in [-0.3, -0.25) is 4.79 Å². The van der Waals surface area contributed by atoms with Crippen LogP contribution in [-0.4, -0.2) is 25.0 Å². The van der Waals surface area contributed by atoms with Gasteiger partial charge in [0.2, 0.25) is 0 Å². The van der Waals surface area contributed by atoms with Crippen molar-refractivity contribution in [2.75, 3.05) is 11.9 Å². The first-order chi connectivity index (χ1) is 10.6. The van der Waals surface area contributed by atoms with Crippen molar-refractivity contribution < 1.29 is 14.3 Å². The van der Waals surface area contributed by atoms with E-state index in [2.05, 4.69) is 0 Å². The van der Waals surface area contributed by atoms with Crippen LogP contribution in [0, 0.1) is 0 Å². The molecule has 1 atom stereocenters. The van der Waals surface area contributed by atoms with E-state index in [1.165, 1.54) is 11.0 Å². The molecule has 5 heteroatoms. The van der Waals surface area contributed by atoms with E-state index < -0.39 is 12.1 Å². The maximum Gasteiger partial charge on any atom is 0.331 e. The van der Waals surface area contributed by atoms with Gasteiger partial charge in [0, 0.05) is 18.8 Å². The molecule has 0 spiro atoms. The number of amides is 1. The molecule has 1 aromatic carbocycles. The molecule has 0 unspecified atom stereocenters. The van der Waals surface area contributed by atoms with Gasteiger partial charge in [0.05, 0.1) is 0 Å². The molecule has 1 aromatic heterocycles. The molecule has 2 aromatic rings. The van der Waals surface area contributed by atoms with E-state index in [0.29, 0.717) is 0 Å². The van der Waals surface area contributed by atoms with Gasteiger partial charge in [0.15, 0.2) is 6.10 Å². The predicted molar refractivity (Wildman–Crippen MR) is 88.8 cm³/mol. The van der Waals surface area contributed by atoms with Crippen LogP contribution in [0.25, 0.3) is 6.08 Å². The van der Waals surface area contributed by atoms with E-state index in [9.17, 15) is 9.59 Å². The van der Waals surface area contributed by atoms with Crippen LogP contribution in [0.3, 0.4) is 0 Å². The number of benzene rings is 1. The molecule has 1 heterocycles. The van der Waals surface area contributed by atoms with E-state index in [-0.39, 0.29) is 5.91 Å². The van der Waals surface area contributed by atoms with Gasteiger partial charge in [-0.05, 0) is 47.5 Å². The number of nitrogens with zero attached hydrogens (tertiary/aromatic N) is 1. The molecule has 0 saturated carbocycles. The lowest BCUT2D eigenvalue weighted by molar-refractivity contribution is -0.148. The maximum absolute atomic E-state index is 12.2. The summed E-state index contributed by atoms with van der Waals surface area (Å²) in [7, 11) is 1.66. The predicted octanol–water partition coefficient (Wildman–Crippen LogP) is 3.36. The Hall–Kier alpha value is -2.40. The summed E-state index contributed by atoms with van der Waals surface area (Å²) in [5.41, 5.74) is 1.69. The zero-order chi connectivity index (χ0) is 15.9. The van der Waals surface area contributed by atoms with E-state index in [4.69, 9.17) is 4.74 Å². The Bertz CT molecular complexity index is 650. The van der Waals surface area contributed by atoms with Crippen LogP contribution in [-0.2, 0) is 14.3 Å². The molecule has 0 radical (unpaired) electrons. The van der Waals surface area contributed by atoms with Crippen LogP contribution in [0.1, 0.15) is 12.5 Å². The van der Waals surface area contributed by atoms with E-state index >= 15 is 0 Å². The first-order valence-electron chi connectivity index (χ1n) is 6.81. The Morgan fingerprint density at radius 3 is 2.59 bits per heavy atom. The summed E-state index contributed by atoms with van der Waals surface area (Å²) < 4.78 is 5.14. The van der Waals surface area contributed by atoms with E-state index in [0.717, 1.165) is 11.3 Å².